The molecule has 0 aliphatic carbocycles. The molecule has 0 saturated heterocycles. The lowest BCUT2D eigenvalue weighted by atomic mass is 10.0. The molecule has 0 aromatic heterocycles. The second-order valence-corrected chi connectivity index (χ2v) is 20.6. The Hall–Kier alpha value is -4.71. The lowest BCUT2D eigenvalue weighted by molar-refractivity contribution is -0.167. The summed E-state index contributed by atoms with van der Waals surface area (Å²) in [7, 11) is 0. The molecule has 0 aliphatic rings. The number of carbonyl (C=O) groups is 3. The quantitative estimate of drug-likeness (QED) is 0.0261. The van der Waals surface area contributed by atoms with E-state index in [2.05, 4.69) is 167 Å². The Bertz CT molecular complexity index is 1710. The predicted octanol–water partition coefficient (Wildman–Crippen LogP) is 21.9. The first kappa shape index (κ1) is 73.3. The summed E-state index contributed by atoms with van der Waals surface area (Å²) >= 11 is 0. The van der Waals surface area contributed by atoms with Crippen molar-refractivity contribution in [3.63, 3.8) is 0 Å². The number of unbranched alkanes of at least 4 members (excludes halogenated alkanes) is 21. The monoisotopic (exact) mass is 1080 g/mol. The van der Waals surface area contributed by atoms with Crippen LogP contribution >= 0.6 is 0 Å². The Morgan fingerprint density at radius 3 is 0.782 bits per heavy atom. The average molecular weight is 1080 g/mol. The fourth-order valence-electron chi connectivity index (χ4n) is 8.39. The summed E-state index contributed by atoms with van der Waals surface area (Å²) in [4.78, 5) is 38.3. The smallest absolute Gasteiger partial charge is 0.306 e. The van der Waals surface area contributed by atoms with Crippen molar-refractivity contribution >= 4 is 17.9 Å². The highest BCUT2D eigenvalue weighted by Crippen LogP contribution is 2.15. The molecule has 0 aromatic carbocycles. The van der Waals surface area contributed by atoms with Gasteiger partial charge in [0.05, 0.1) is 0 Å². The van der Waals surface area contributed by atoms with Gasteiger partial charge in [0, 0.05) is 19.3 Å². The van der Waals surface area contributed by atoms with Crippen LogP contribution in [0.4, 0.5) is 0 Å². The third-order valence-corrected chi connectivity index (χ3v) is 13.1. The lowest BCUT2D eigenvalue weighted by Crippen LogP contribution is -2.30. The molecule has 0 spiro atoms. The molecule has 0 bridgehead atoms. The third-order valence-electron chi connectivity index (χ3n) is 13.1. The predicted molar refractivity (Wildman–Crippen MR) is 339 cm³/mol. The molecule has 0 heterocycles. The SMILES string of the molecule is CC/C=C\C/C=C\C/C=C\C/C=C\C/C=C\C/C=C\CCCCCCCCC(=O)OCC(COC(=O)CCCCCCCCCCCCCC)OC(=O)CCCCCC/C=C\C/C=C\C/C=C\C/C=C\C/C=C\C/C=C\CC. The van der Waals surface area contributed by atoms with Crippen LogP contribution in [0.5, 0.6) is 0 Å². The Balaban J connectivity index is 4.44. The molecule has 78 heavy (non-hydrogen) atoms. The molecule has 6 heteroatoms. The maximum Gasteiger partial charge on any atom is 0.306 e. The van der Waals surface area contributed by atoms with E-state index in [0.717, 1.165) is 161 Å². The van der Waals surface area contributed by atoms with E-state index in [1.165, 1.54) is 70.6 Å². The van der Waals surface area contributed by atoms with Crippen LogP contribution in [0.2, 0.25) is 0 Å². The van der Waals surface area contributed by atoms with Crippen LogP contribution in [-0.4, -0.2) is 37.2 Å². The minimum Gasteiger partial charge on any atom is -0.462 e. The van der Waals surface area contributed by atoms with Gasteiger partial charge < -0.3 is 14.2 Å². The van der Waals surface area contributed by atoms with E-state index < -0.39 is 6.10 Å². The van der Waals surface area contributed by atoms with Gasteiger partial charge in [-0.15, -0.1) is 0 Å². The van der Waals surface area contributed by atoms with Crippen LogP contribution in [0.15, 0.2) is 146 Å². The van der Waals surface area contributed by atoms with Crippen LogP contribution in [0.25, 0.3) is 0 Å². The normalized spacial score (nSPS) is 13.1. The number of rotatable bonds is 56. The zero-order valence-electron chi connectivity index (χ0n) is 50.4. The highest BCUT2D eigenvalue weighted by Gasteiger charge is 2.19. The highest BCUT2D eigenvalue weighted by molar-refractivity contribution is 5.71. The van der Waals surface area contributed by atoms with Gasteiger partial charge in [-0.2, -0.15) is 0 Å². The molecule has 0 rings (SSSR count). The second kappa shape index (κ2) is 64.8. The van der Waals surface area contributed by atoms with Gasteiger partial charge in [-0.05, 0) is 122 Å². The zero-order valence-corrected chi connectivity index (χ0v) is 50.4. The molecule has 0 amide bonds. The summed E-state index contributed by atoms with van der Waals surface area (Å²) in [6, 6.07) is 0. The van der Waals surface area contributed by atoms with Crippen LogP contribution < -0.4 is 0 Å². The Morgan fingerprint density at radius 1 is 0.269 bits per heavy atom. The first-order valence-corrected chi connectivity index (χ1v) is 31.8. The average Bonchev–Trinajstić information content (AvgIpc) is 3.44. The van der Waals surface area contributed by atoms with E-state index in [1.54, 1.807) is 0 Å². The number of hydrogen-bond donors (Lipinski definition) is 0. The van der Waals surface area contributed by atoms with E-state index in [4.69, 9.17) is 14.2 Å². The maximum absolute atomic E-state index is 12.9. The number of hydrogen-bond acceptors (Lipinski definition) is 6. The maximum atomic E-state index is 12.9. The molecule has 1 unspecified atom stereocenters. The zero-order chi connectivity index (χ0) is 56.4. The number of esters is 3. The Kier molecular flexibility index (Phi) is 60.9. The van der Waals surface area contributed by atoms with Crippen LogP contribution in [0.1, 0.15) is 271 Å². The molecule has 0 radical (unpaired) electrons. The number of ether oxygens (including phenoxy) is 3. The first-order chi connectivity index (χ1) is 38.5. The van der Waals surface area contributed by atoms with Crippen molar-refractivity contribution in [1.29, 1.82) is 0 Å². The van der Waals surface area contributed by atoms with Gasteiger partial charge in [-0.1, -0.05) is 276 Å². The van der Waals surface area contributed by atoms with E-state index in [-0.39, 0.29) is 31.1 Å². The Labute approximate surface area is 480 Å². The van der Waals surface area contributed by atoms with Crippen LogP contribution in [0.3, 0.4) is 0 Å². The van der Waals surface area contributed by atoms with Crippen molar-refractivity contribution in [2.75, 3.05) is 13.2 Å². The van der Waals surface area contributed by atoms with E-state index in [1.807, 2.05) is 0 Å². The van der Waals surface area contributed by atoms with Gasteiger partial charge >= 0.3 is 17.9 Å². The van der Waals surface area contributed by atoms with Crippen molar-refractivity contribution in [2.45, 2.75) is 277 Å². The highest BCUT2D eigenvalue weighted by atomic mass is 16.6. The molecule has 0 fully saturated rings. The van der Waals surface area contributed by atoms with Gasteiger partial charge in [0.1, 0.15) is 13.2 Å². The largest absolute Gasteiger partial charge is 0.462 e. The topological polar surface area (TPSA) is 78.9 Å². The fraction of sp³-hybridized carbons (Fsp3) is 0.625. The summed E-state index contributed by atoms with van der Waals surface area (Å²) in [5.74, 6) is -0.937. The first-order valence-electron chi connectivity index (χ1n) is 31.8. The second-order valence-electron chi connectivity index (χ2n) is 20.6. The fourth-order valence-corrected chi connectivity index (χ4v) is 8.39. The Morgan fingerprint density at radius 2 is 0.500 bits per heavy atom. The minimum atomic E-state index is -0.804. The van der Waals surface area contributed by atoms with Crippen molar-refractivity contribution < 1.29 is 28.6 Å². The van der Waals surface area contributed by atoms with Crippen LogP contribution in [-0.2, 0) is 28.6 Å². The molecule has 6 nitrogen and oxygen atoms in total. The molecular formula is C72H116O6. The summed E-state index contributed by atoms with van der Waals surface area (Å²) in [6.07, 6.45) is 92.7. The van der Waals surface area contributed by atoms with Gasteiger partial charge in [0.15, 0.2) is 6.10 Å². The molecule has 0 saturated carbocycles. The molecule has 0 N–H and O–H groups in total. The number of allylic oxidation sites excluding steroid dienone is 24. The summed E-state index contributed by atoms with van der Waals surface area (Å²) in [5, 5.41) is 0. The third kappa shape index (κ3) is 62.1. The van der Waals surface area contributed by atoms with Gasteiger partial charge in [-0.3, -0.25) is 14.4 Å². The van der Waals surface area contributed by atoms with Gasteiger partial charge in [0.25, 0.3) is 0 Å². The van der Waals surface area contributed by atoms with Crippen molar-refractivity contribution in [3.8, 4) is 0 Å². The van der Waals surface area contributed by atoms with Crippen molar-refractivity contribution in [2.24, 2.45) is 0 Å². The molecular weight excluding hydrogens is 961 g/mol. The minimum absolute atomic E-state index is 0.0966. The molecule has 1 atom stereocenters. The van der Waals surface area contributed by atoms with E-state index >= 15 is 0 Å². The van der Waals surface area contributed by atoms with Gasteiger partial charge in [0.2, 0.25) is 0 Å². The van der Waals surface area contributed by atoms with Gasteiger partial charge in [-0.25, -0.2) is 0 Å². The van der Waals surface area contributed by atoms with E-state index in [9.17, 15) is 14.4 Å². The lowest BCUT2D eigenvalue weighted by Gasteiger charge is -2.18. The van der Waals surface area contributed by atoms with Crippen molar-refractivity contribution in [3.05, 3.63) is 146 Å². The standard InChI is InChI=1S/C72H116O6/c1-4-7-10-13-16-19-22-25-27-29-31-33-35-36-38-39-41-43-45-47-50-53-56-59-62-65-71(74)77-68-69(67-76-70(73)64-61-58-55-52-49-24-21-18-15-12-9-6-3)78-72(75)66-63-60-57-54-51-48-46-44-42-40-37-34-32-30-28-26-23-20-17-14-11-8-5-2/h7-8,10-11,16-17,19-20,25-28,31-34,36,38,40-43,46,48,69H,4-6,9,12-15,18,21-24,29-30,35,37,39,44-45,47,49-68H2,1-3H3/b10-7-,11-8-,19-16-,20-17-,27-25-,28-26-,33-31-,34-32-,38-36-,42-40-,43-41-,48-46-. The summed E-state index contributed by atoms with van der Waals surface area (Å²) < 4.78 is 16.9. The van der Waals surface area contributed by atoms with E-state index in [0.29, 0.717) is 19.3 Å². The molecule has 0 aromatic rings. The van der Waals surface area contributed by atoms with Crippen molar-refractivity contribution in [1.82, 2.24) is 0 Å². The summed E-state index contributed by atoms with van der Waals surface area (Å²) in [6.45, 7) is 6.38. The summed E-state index contributed by atoms with van der Waals surface area (Å²) in [5.41, 5.74) is 0. The molecule has 440 valence electrons. The van der Waals surface area contributed by atoms with Crippen LogP contribution in [0, 0.1) is 0 Å². The molecule has 0 aliphatic heterocycles. The number of carbonyl (C=O) groups excluding carboxylic acids is 3.